The summed E-state index contributed by atoms with van der Waals surface area (Å²) < 4.78 is 26.9. The molecular formula is C14H22ClNO2S. The van der Waals surface area contributed by atoms with E-state index in [-0.39, 0.29) is 10.9 Å². The Morgan fingerprint density at radius 1 is 1.11 bits per heavy atom. The summed E-state index contributed by atoms with van der Waals surface area (Å²) >= 11 is 5.75. The zero-order valence-corrected chi connectivity index (χ0v) is 13.3. The first-order chi connectivity index (χ1) is 8.81. The van der Waals surface area contributed by atoms with Gasteiger partial charge in [0.05, 0.1) is 4.90 Å². The van der Waals surface area contributed by atoms with Crippen LogP contribution in [0.3, 0.4) is 0 Å². The minimum Gasteiger partial charge on any atom is -0.208 e. The summed E-state index contributed by atoms with van der Waals surface area (Å²) in [6.07, 6.45) is 3.00. The van der Waals surface area contributed by atoms with Gasteiger partial charge in [-0.15, -0.1) is 0 Å². The summed E-state index contributed by atoms with van der Waals surface area (Å²) in [5.41, 5.74) is 0. The molecule has 5 heteroatoms. The van der Waals surface area contributed by atoms with Gasteiger partial charge in [0.15, 0.2) is 0 Å². The highest BCUT2D eigenvalue weighted by Gasteiger charge is 2.16. The quantitative estimate of drug-likeness (QED) is 0.832. The second-order valence-electron chi connectivity index (χ2n) is 5.30. The van der Waals surface area contributed by atoms with Crippen molar-refractivity contribution < 1.29 is 8.42 Å². The van der Waals surface area contributed by atoms with Crippen LogP contribution in [-0.2, 0) is 10.0 Å². The molecule has 19 heavy (non-hydrogen) atoms. The fraction of sp³-hybridized carbons (Fsp3) is 0.571. The van der Waals surface area contributed by atoms with Crippen LogP contribution < -0.4 is 4.72 Å². The van der Waals surface area contributed by atoms with Gasteiger partial charge >= 0.3 is 0 Å². The lowest BCUT2D eigenvalue weighted by Crippen LogP contribution is -2.32. The smallest absolute Gasteiger partial charge is 0.208 e. The number of nitrogens with one attached hydrogen (secondary N) is 1. The van der Waals surface area contributed by atoms with Crippen molar-refractivity contribution in [2.24, 2.45) is 5.92 Å². The second-order valence-corrected chi connectivity index (χ2v) is 7.45. The molecule has 0 fully saturated rings. The molecule has 0 saturated carbocycles. The van der Waals surface area contributed by atoms with Crippen LogP contribution in [0.2, 0.25) is 5.02 Å². The molecule has 0 heterocycles. The second kappa shape index (κ2) is 7.27. The van der Waals surface area contributed by atoms with Crippen LogP contribution in [0.4, 0.5) is 0 Å². The van der Waals surface area contributed by atoms with Gasteiger partial charge in [0, 0.05) is 11.1 Å². The van der Waals surface area contributed by atoms with E-state index in [1.54, 1.807) is 12.1 Å². The molecular weight excluding hydrogens is 282 g/mol. The molecule has 1 rings (SSSR count). The van der Waals surface area contributed by atoms with Gasteiger partial charge in [-0.1, -0.05) is 38.3 Å². The maximum absolute atomic E-state index is 12.1. The van der Waals surface area contributed by atoms with Gasteiger partial charge in [-0.25, -0.2) is 13.1 Å². The standard InChI is InChI=1S/C14H22ClNO2S/c1-11(2)5-4-6-12(3)16-19(17,18)14-9-7-13(15)8-10-14/h7-12,16H,4-6H2,1-3H3. The van der Waals surface area contributed by atoms with Gasteiger partial charge in [-0.2, -0.15) is 0 Å². The lowest BCUT2D eigenvalue weighted by molar-refractivity contribution is 0.488. The molecule has 0 aliphatic rings. The highest BCUT2D eigenvalue weighted by atomic mass is 35.5. The van der Waals surface area contributed by atoms with Crippen LogP contribution in [0.15, 0.2) is 29.2 Å². The molecule has 0 bridgehead atoms. The molecule has 0 aliphatic heterocycles. The summed E-state index contributed by atoms with van der Waals surface area (Å²) in [5.74, 6) is 0.653. The van der Waals surface area contributed by atoms with Crippen molar-refractivity contribution in [1.82, 2.24) is 4.72 Å². The first-order valence-corrected chi connectivity index (χ1v) is 8.45. The molecule has 1 N–H and O–H groups in total. The molecule has 1 unspecified atom stereocenters. The SMILES string of the molecule is CC(C)CCCC(C)NS(=O)(=O)c1ccc(Cl)cc1. The fourth-order valence-corrected chi connectivity index (χ4v) is 3.24. The number of hydrogen-bond acceptors (Lipinski definition) is 2. The Bertz CT molecular complexity index is 483. The Labute approximate surface area is 121 Å². The zero-order chi connectivity index (χ0) is 14.5. The van der Waals surface area contributed by atoms with E-state index in [0.29, 0.717) is 10.9 Å². The maximum Gasteiger partial charge on any atom is 0.240 e. The molecule has 1 aromatic carbocycles. The predicted molar refractivity (Wildman–Crippen MR) is 79.9 cm³/mol. The minimum absolute atomic E-state index is 0.0561. The molecule has 0 radical (unpaired) electrons. The number of rotatable bonds is 7. The van der Waals surface area contributed by atoms with Crippen molar-refractivity contribution in [2.75, 3.05) is 0 Å². The van der Waals surface area contributed by atoms with E-state index >= 15 is 0 Å². The van der Waals surface area contributed by atoms with Crippen molar-refractivity contribution in [3.63, 3.8) is 0 Å². The fourth-order valence-electron chi connectivity index (χ4n) is 1.84. The summed E-state index contributed by atoms with van der Waals surface area (Å²) in [4.78, 5) is 0.257. The van der Waals surface area contributed by atoms with Crippen LogP contribution in [-0.4, -0.2) is 14.5 Å². The van der Waals surface area contributed by atoms with E-state index in [1.807, 2.05) is 6.92 Å². The van der Waals surface area contributed by atoms with E-state index in [9.17, 15) is 8.42 Å². The first kappa shape index (κ1) is 16.5. The van der Waals surface area contributed by atoms with Gasteiger partial charge in [0.25, 0.3) is 0 Å². The third-order valence-electron chi connectivity index (χ3n) is 2.90. The Kier molecular flexibility index (Phi) is 6.30. The monoisotopic (exact) mass is 303 g/mol. The van der Waals surface area contributed by atoms with E-state index in [2.05, 4.69) is 18.6 Å². The van der Waals surface area contributed by atoms with Crippen LogP contribution in [0, 0.1) is 5.92 Å². The van der Waals surface area contributed by atoms with E-state index in [1.165, 1.54) is 12.1 Å². The highest BCUT2D eigenvalue weighted by molar-refractivity contribution is 7.89. The van der Waals surface area contributed by atoms with Crippen LogP contribution >= 0.6 is 11.6 Å². The number of sulfonamides is 1. The Morgan fingerprint density at radius 2 is 1.68 bits per heavy atom. The zero-order valence-electron chi connectivity index (χ0n) is 11.7. The molecule has 0 aromatic heterocycles. The van der Waals surface area contributed by atoms with E-state index in [4.69, 9.17) is 11.6 Å². The van der Waals surface area contributed by atoms with Gasteiger partial charge in [0.1, 0.15) is 0 Å². The lowest BCUT2D eigenvalue weighted by atomic mass is 10.0. The number of halogens is 1. The molecule has 0 saturated heterocycles. The molecule has 0 aliphatic carbocycles. The van der Waals surface area contributed by atoms with Gasteiger partial charge in [-0.3, -0.25) is 0 Å². The normalized spacial score (nSPS) is 13.7. The summed E-state index contributed by atoms with van der Waals surface area (Å²) in [6.45, 7) is 6.24. The van der Waals surface area contributed by atoms with Crippen molar-refractivity contribution in [2.45, 2.75) is 51.0 Å². The Balaban J connectivity index is 2.57. The average Bonchev–Trinajstić information content (AvgIpc) is 2.28. The van der Waals surface area contributed by atoms with Crippen molar-refractivity contribution in [1.29, 1.82) is 0 Å². The topological polar surface area (TPSA) is 46.2 Å². The predicted octanol–water partition coefficient (Wildman–Crippen LogP) is 3.83. The molecule has 0 amide bonds. The maximum atomic E-state index is 12.1. The highest BCUT2D eigenvalue weighted by Crippen LogP contribution is 2.15. The molecule has 3 nitrogen and oxygen atoms in total. The van der Waals surface area contributed by atoms with Crippen LogP contribution in [0.5, 0.6) is 0 Å². The van der Waals surface area contributed by atoms with Crippen molar-refractivity contribution in [3.05, 3.63) is 29.3 Å². The number of hydrogen-bond donors (Lipinski definition) is 1. The molecule has 1 atom stereocenters. The number of benzene rings is 1. The minimum atomic E-state index is -3.44. The Hall–Kier alpha value is -0.580. The lowest BCUT2D eigenvalue weighted by Gasteiger charge is -2.14. The molecule has 108 valence electrons. The summed E-state index contributed by atoms with van der Waals surface area (Å²) in [6, 6.07) is 6.15. The molecule has 0 spiro atoms. The summed E-state index contributed by atoms with van der Waals surface area (Å²) in [5, 5.41) is 0.531. The third kappa shape index (κ3) is 5.93. The van der Waals surface area contributed by atoms with Crippen molar-refractivity contribution in [3.8, 4) is 0 Å². The largest absolute Gasteiger partial charge is 0.240 e. The van der Waals surface area contributed by atoms with Gasteiger partial charge < -0.3 is 0 Å². The Morgan fingerprint density at radius 3 is 2.21 bits per heavy atom. The average molecular weight is 304 g/mol. The molecule has 1 aromatic rings. The van der Waals surface area contributed by atoms with Gasteiger partial charge in [0.2, 0.25) is 10.0 Å². The van der Waals surface area contributed by atoms with Crippen molar-refractivity contribution >= 4 is 21.6 Å². The van der Waals surface area contributed by atoms with Gasteiger partial charge in [-0.05, 0) is 43.5 Å². The van der Waals surface area contributed by atoms with Crippen LogP contribution in [0.25, 0.3) is 0 Å². The van der Waals surface area contributed by atoms with Crippen LogP contribution in [0.1, 0.15) is 40.0 Å². The van der Waals surface area contributed by atoms with E-state index in [0.717, 1.165) is 19.3 Å². The van der Waals surface area contributed by atoms with E-state index < -0.39 is 10.0 Å². The first-order valence-electron chi connectivity index (χ1n) is 6.59. The summed E-state index contributed by atoms with van der Waals surface area (Å²) in [7, 11) is -3.44. The third-order valence-corrected chi connectivity index (χ3v) is 4.76.